The average Bonchev–Trinajstić information content (AvgIpc) is 2.01. The van der Waals surface area contributed by atoms with Crippen LogP contribution in [0.4, 0.5) is 13.2 Å². The first kappa shape index (κ1) is 11.3. The van der Waals surface area contributed by atoms with Crippen LogP contribution in [0.5, 0.6) is 0 Å². The van der Waals surface area contributed by atoms with Gasteiger partial charge in [-0.05, 0) is 6.42 Å². The first-order chi connectivity index (χ1) is 6.44. The van der Waals surface area contributed by atoms with Gasteiger partial charge in [-0.15, -0.1) is 0 Å². The molecule has 1 atom stereocenters. The molecular formula is C8H13F3N2O. The second-order valence-electron chi connectivity index (χ2n) is 3.30. The summed E-state index contributed by atoms with van der Waals surface area (Å²) in [6, 6.07) is -0.634. The molecule has 1 N–H and O–H groups in total. The van der Waals surface area contributed by atoms with E-state index >= 15 is 0 Å². The molecule has 0 unspecified atom stereocenters. The highest BCUT2D eigenvalue weighted by molar-refractivity contribution is 5.82. The van der Waals surface area contributed by atoms with Gasteiger partial charge in [0.05, 0.1) is 12.6 Å². The van der Waals surface area contributed by atoms with Crippen LogP contribution in [0.2, 0.25) is 0 Å². The summed E-state index contributed by atoms with van der Waals surface area (Å²) in [5.74, 6) is -0.303. The zero-order valence-corrected chi connectivity index (χ0v) is 7.90. The lowest BCUT2D eigenvalue weighted by molar-refractivity contribution is -0.158. The van der Waals surface area contributed by atoms with E-state index in [9.17, 15) is 18.0 Å². The Morgan fingerprint density at radius 2 is 2.21 bits per heavy atom. The van der Waals surface area contributed by atoms with Gasteiger partial charge in [0.25, 0.3) is 0 Å². The van der Waals surface area contributed by atoms with E-state index in [0.717, 1.165) is 0 Å². The van der Waals surface area contributed by atoms with Crippen LogP contribution in [0.25, 0.3) is 0 Å². The molecule has 0 aliphatic carbocycles. The molecule has 1 amide bonds. The monoisotopic (exact) mass is 210 g/mol. The van der Waals surface area contributed by atoms with Crippen LogP contribution in [0.1, 0.15) is 13.3 Å². The topological polar surface area (TPSA) is 32.3 Å². The maximum Gasteiger partial charge on any atom is 0.401 e. The van der Waals surface area contributed by atoms with E-state index in [0.29, 0.717) is 13.0 Å². The van der Waals surface area contributed by atoms with E-state index in [2.05, 4.69) is 5.32 Å². The van der Waals surface area contributed by atoms with Gasteiger partial charge in [-0.25, -0.2) is 0 Å². The van der Waals surface area contributed by atoms with E-state index in [1.54, 1.807) is 6.92 Å². The first-order valence-electron chi connectivity index (χ1n) is 4.52. The molecule has 14 heavy (non-hydrogen) atoms. The molecule has 0 saturated carbocycles. The molecule has 0 aromatic heterocycles. The number of nitrogens with one attached hydrogen (secondary N) is 1. The Hall–Kier alpha value is -0.780. The highest BCUT2D eigenvalue weighted by Crippen LogP contribution is 2.19. The van der Waals surface area contributed by atoms with Crippen LogP contribution in [0.15, 0.2) is 0 Å². The number of hydrogen-bond acceptors (Lipinski definition) is 2. The zero-order valence-electron chi connectivity index (χ0n) is 7.90. The summed E-state index contributed by atoms with van der Waals surface area (Å²) in [5.41, 5.74) is 0. The van der Waals surface area contributed by atoms with E-state index in [1.807, 2.05) is 0 Å². The molecular weight excluding hydrogens is 197 g/mol. The molecule has 1 aliphatic heterocycles. The van der Waals surface area contributed by atoms with E-state index in [-0.39, 0.29) is 12.5 Å². The molecule has 0 aromatic carbocycles. The number of alkyl halides is 3. The van der Waals surface area contributed by atoms with Crippen molar-refractivity contribution in [2.24, 2.45) is 0 Å². The fraction of sp³-hybridized carbons (Fsp3) is 0.875. The molecule has 1 aliphatic rings. The Balaban J connectivity index is 2.61. The third kappa shape index (κ3) is 2.87. The van der Waals surface area contributed by atoms with Gasteiger partial charge >= 0.3 is 6.18 Å². The van der Waals surface area contributed by atoms with Crippen molar-refractivity contribution in [2.45, 2.75) is 25.6 Å². The predicted molar refractivity (Wildman–Crippen MR) is 44.7 cm³/mol. The van der Waals surface area contributed by atoms with Gasteiger partial charge < -0.3 is 5.32 Å². The number of hydrogen-bond donors (Lipinski definition) is 1. The van der Waals surface area contributed by atoms with Crippen molar-refractivity contribution >= 4 is 5.91 Å². The molecule has 1 fully saturated rings. The van der Waals surface area contributed by atoms with Crippen molar-refractivity contribution in [2.75, 3.05) is 19.6 Å². The Labute approximate surface area is 80.3 Å². The molecule has 0 radical (unpaired) electrons. The van der Waals surface area contributed by atoms with Crippen LogP contribution in [0, 0.1) is 0 Å². The van der Waals surface area contributed by atoms with E-state index in [1.165, 1.54) is 4.90 Å². The smallest absolute Gasteiger partial charge is 0.353 e. The fourth-order valence-electron chi connectivity index (χ4n) is 1.63. The lowest BCUT2D eigenvalue weighted by atomic mass is 10.1. The number of piperazine rings is 1. The van der Waals surface area contributed by atoms with Crippen LogP contribution in [-0.2, 0) is 4.79 Å². The standard InChI is InChI=1S/C8H13F3N2O/c1-2-6-7(14)12-3-4-13(6)5-8(9,10)11/h6H,2-5H2,1H3,(H,12,14)/t6-/m0/s1. The van der Waals surface area contributed by atoms with E-state index < -0.39 is 18.8 Å². The third-order valence-electron chi connectivity index (χ3n) is 2.21. The Kier molecular flexibility index (Phi) is 3.36. The number of amides is 1. The van der Waals surface area contributed by atoms with Crippen LogP contribution in [0.3, 0.4) is 0 Å². The molecule has 1 saturated heterocycles. The van der Waals surface area contributed by atoms with Gasteiger partial charge in [-0.1, -0.05) is 6.92 Å². The summed E-state index contributed by atoms with van der Waals surface area (Å²) in [6.45, 7) is 1.27. The summed E-state index contributed by atoms with van der Waals surface area (Å²) in [7, 11) is 0. The molecule has 1 rings (SSSR count). The van der Waals surface area contributed by atoms with Crippen molar-refractivity contribution in [1.29, 1.82) is 0 Å². The van der Waals surface area contributed by atoms with Gasteiger partial charge in [0.1, 0.15) is 0 Å². The summed E-state index contributed by atoms with van der Waals surface area (Å²) in [4.78, 5) is 12.4. The van der Waals surface area contributed by atoms with Gasteiger partial charge in [-0.2, -0.15) is 13.2 Å². The van der Waals surface area contributed by atoms with Crippen LogP contribution < -0.4 is 5.32 Å². The lowest BCUT2D eigenvalue weighted by Gasteiger charge is -2.34. The van der Waals surface area contributed by atoms with Crippen LogP contribution >= 0.6 is 0 Å². The van der Waals surface area contributed by atoms with E-state index in [4.69, 9.17) is 0 Å². The summed E-state index contributed by atoms with van der Waals surface area (Å²) in [6.07, 6.45) is -3.83. The molecule has 0 aromatic rings. The predicted octanol–water partition coefficient (Wildman–Crippen LogP) is 0.759. The van der Waals surface area contributed by atoms with Crippen molar-refractivity contribution < 1.29 is 18.0 Å². The minimum Gasteiger partial charge on any atom is -0.353 e. The van der Waals surface area contributed by atoms with Crippen LogP contribution in [-0.4, -0.2) is 42.7 Å². The largest absolute Gasteiger partial charge is 0.401 e. The van der Waals surface area contributed by atoms with Gasteiger partial charge in [0.15, 0.2) is 0 Å². The summed E-state index contributed by atoms with van der Waals surface area (Å²) < 4.78 is 36.3. The second kappa shape index (κ2) is 4.16. The highest BCUT2D eigenvalue weighted by atomic mass is 19.4. The SMILES string of the molecule is CC[C@H]1C(=O)NCCN1CC(F)(F)F. The van der Waals surface area contributed by atoms with Crippen molar-refractivity contribution in [3.63, 3.8) is 0 Å². The number of nitrogens with zero attached hydrogens (tertiary/aromatic N) is 1. The number of rotatable bonds is 2. The maximum absolute atomic E-state index is 12.1. The summed E-state index contributed by atoms with van der Waals surface area (Å²) in [5, 5.41) is 2.55. The summed E-state index contributed by atoms with van der Waals surface area (Å²) >= 11 is 0. The van der Waals surface area contributed by atoms with Gasteiger partial charge in [0.2, 0.25) is 5.91 Å². The average molecular weight is 210 g/mol. The Morgan fingerprint density at radius 1 is 1.57 bits per heavy atom. The Morgan fingerprint density at radius 3 is 2.71 bits per heavy atom. The molecule has 6 heteroatoms. The van der Waals surface area contributed by atoms with Crippen molar-refractivity contribution in [3.8, 4) is 0 Å². The lowest BCUT2D eigenvalue weighted by Crippen LogP contribution is -2.56. The highest BCUT2D eigenvalue weighted by Gasteiger charge is 2.37. The normalized spacial score (nSPS) is 24.9. The molecule has 0 bridgehead atoms. The molecule has 1 heterocycles. The number of carbonyl (C=O) groups is 1. The molecule has 0 spiro atoms. The third-order valence-corrected chi connectivity index (χ3v) is 2.21. The minimum absolute atomic E-state index is 0.268. The quantitative estimate of drug-likeness (QED) is 0.729. The first-order valence-corrected chi connectivity index (χ1v) is 4.52. The zero-order chi connectivity index (χ0) is 10.8. The minimum atomic E-state index is -4.23. The second-order valence-corrected chi connectivity index (χ2v) is 3.30. The Bertz CT molecular complexity index is 217. The molecule has 82 valence electrons. The van der Waals surface area contributed by atoms with Gasteiger partial charge in [0, 0.05) is 13.1 Å². The van der Waals surface area contributed by atoms with Crippen molar-refractivity contribution in [1.82, 2.24) is 10.2 Å². The maximum atomic E-state index is 12.1. The number of halogens is 3. The number of carbonyl (C=O) groups excluding carboxylic acids is 1. The fourth-order valence-corrected chi connectivity index (χ4v) is 1.63. The van der Waals surface area contributed by atoms with Crippen molar-refractivity contribution in [3.05, 3.63) is 0 Å². The molecule has 3 nitrogen and oxygen atoms in total. The van der Waals surface area contributed by atoms with Gasteiger partial charge in [-0.3, -0.25) is 9.69 Å².